The molecule has 4 N–H and O–H groups in total. The first-order valence-electron chi connectivity index (χ1n) is 8.28. The second-order valence-electron chi connectivity index (χ2n) is 6.12. The minimum Gasteiger partial charge on any atom is -0.346 e. The molecule has 8 heteroatoms. The molecule has 6 nitrogen and oxygen atoms in total. The van der Waals surface area contributed by atoms with Crippen molar-refractivity contribution < 1.29 is 9.59 Å². The van der Waals surface area contributed by atoms with Crippen LogP contribution in [-0.4, -0.2) is 29.4 Å². The molecule has 0 fully saturated rings. The zero-order valence-electron chi connectivity index (χ0n) is 15.1. The third-order valence-corrected chi connectivity index (χ3v) is 4.61. The largest absolute Gasteiger partial charge is 0.346 e. The Hall–Kier alpha value is -1.96. The van der Waals surface area contributed by atoms with Crippen LogP contribution in [0, 0.1) is 5.92 Å². The van der Waals surface area contributed by atoms with E-state index in [4.69, 9.17) is 5.73 Å². The highest BCUT2D eigenvalue weighted by Crippen LogP contribution is 2.25. The molecule has 1 aromatic carbocycles. The molecular weight excluding hydrogens is 372 g/mol. The number of anilines is 1. The highest BCUT2D eigenvalue weighted by atomic mass is 35.5. The van der Waals surface area contributed by atoms with E-state index in [1.807, 2.05) is 31.4 Å². The molecule has 26 heavy (non-hydrogen) atoms. The summed E-state index contributed by atoms with van der Waals surface area (Å²) < 4.78 is 0. The summed E-state index contributed by atoms with van der Waals surface area (Å²) in [6.45, 7) is 5.70. The highest BCUT2D eigenvalue weighted by Gasteiger charge is 2.18. The van der Waals surface area contributed by atoms with Crippen LogP contribution in [0.3, 0.4) is 0 Å². The quantitative estimate of drug-likeness (QED) is 0.670. The molecule has 0 saturated heterocycles. The van der Waals surface area contributed by atoms with Crippen LogP contribution in [0.5, 0.6) is 0 Å². The van der Waals surface area contributed by atoms with Crippen molar-refractivity contribution >= 4 is 40.7 Å². The van der Waals surface area contributed by atoms with Crippen LogP contribution in [-0.2, 0) is 16.0 Å². The lowest BCUT2D eigenvalue weighted by molar-refractivity contribution is -0.125. The van der Waals surface area contributed by atoms with Crippen LogP contribution in [0.1, 0.15) is 26.3 Å². The summed E-state index contributed by atoms with van der Waals surface area (Å²) in [5.74, 6) is -0.642. The SMILES string of the molecule is CCc1ccc(-c2csc(NC(=O)CNC(=O)[C@@H](N)C(C)C)n2)cc1.Cl. The van der Waals surface area contributed by atoms with Crippen LogP contribution in [0.2, 0.25) is 0 Å². The number of hydrogen-bond acceptors (Lipinski definition) is 5. The summed E-state index contributed by atoms with van der Waals surface area (Å²) in [5.41, 5.74) is 8.82. The molecule has 0 radical (unpaired) electrons. The molecule has 0 aliphatic rings. The Kier molecular flexibility index (Phi) is 8.71. The van der Waals surface area contributed by atoms with Gasteiger partial charge in [0.2, 0.25) is 11.8 Å². The number of thiazole rings is 1. The average molecular weight is 397 g/mol. The molecule has 1 heterocycles. The molecule has 1 aromatic heterocycles. The number of aromatic nitrogens is 1. The number of nitrogens with two attached hydrogens (primary N) is 1. The van der Waals surface area contributed by atoms with Gasteiger partial charge in [0.25, 0.3) is 0 Å². The summed E-state index contributed by atoms with van der Waals surface area (Å²) in [5, 5.41) is 7.62. The number of benzene rings is 1. The van der Waals surface area contributed by atoms with Gasteiger partial charge >= 0.3 is 0 Å². The average Bonchev–Trinajstić information content (AvgIpc) is 3.07. The van der Waals surface area contributed by atoms with Gasteiger partial charge in [-0.1, -0.05) is 45.0 Å². The number of amides is 2. The van der Waals surface area contributed by atoms with E-state index in [0.29, 0.717) is 5.13 Å². The Balaban J connectivity index is 0.00000338. The highest BCUT2D eigenvalue weighted by molar-refractivity contribution is 7.14. The van der Waals surface area contributed by atoms with Crippen molar-refractivity contribution in [3.8, 4) is 11.3 Å². The molecule has 0 spiro atoms. The van der Waals surface area contributed by atoms with Crippen molar-refractivity contribution in [3.05, 3.63) is 35.2 Å². The van der Waals surface area contributed by atoms with Gasteiger partial charge in [-0.25, -0.2) is 4.98 Å². The predicted octanol–water partition coefficient (Wildman–Crippen LogP) is 2.83. The first-order valence-corrected chi connectivity index (χ1v) is 9.16. The maximum absolute atomic E-state index is 11.9. The number of rotatable bonds is 7. The smallest absolute Gasteiger partial charge is 0.245 e. The van der Waals surface area contributed by atoms with E-state index in [1.165, 1.54) is 16.9 Å². The van der Waals surface area contributed by atoms with E-state index in [2.05, 4.69) is 34.7 Å². The van der Waals surface area contributed by atoms with Gasteiger partial charge in [-0.05, 0) is 17.9 Å². The van der Waals surface area contributed by atoms with Gasteiger partial charge in [-0.2, -0.15) is 0 Å². The summed E-state index contributed by atoms with van der Waals surface area (Å²) in [6.07, 6.45) is 0.991. The lowest BCUT2D eigenvalue weighted by Crippen LogP contribution is -2.46. The fourth-order valence-corrected chi connectivity index (χ4v) is 2.86. The molecule has 2 aromatic rings. The van der Waals surface area contributed by atoms with Crippen molar-refractivity contribution in [1.82, 2.24) is 10.3 Å². The van der Waals surface area contributed by atoms with Crippen molar-refractivity contribution in [2.75, 3.05) is 11.9 Å². The van der Waals surface area contributed by atoms with Crippen molar-refractivity contribution in [2.45, 2.75) is 33.2 Å². The van der Waals surface area contributed by atoms with Gasteiger partial charge in [0.05, 0.1) is 18.3 Å². The van der Waals surface area contributed by atoms with Gasteiger partial charge < -0.3 is 16.4 Å². The van der Waals surface area contributed by atoms with Crippen molar-refractivity contribution in [2.24, 2.45) is 11.7 Å². The van der Waals surface area contributed by atoms with Crippen LogP contribution in [0.15, 0.2) is 29.6 Å². The number of nitrogens with one attached hydrogen (secondary N) is 2. The fourth-order valence-electron chi connectivity index (χ4n) is 2.13. The molecule has 0 aliphatic heterocycles. The number of nitrogens with zero attached hydrogens (tertiary/aromatic N) is 1. The van der Waals surface area contributed by atoms with Gasteiger partial charge in [0.1, 0.15) is 0 Å². The van der Waals surface area contributed by atoms with Gasteiger partial charge in [0, 0.05) is 10.9 Å². The Morgan fingerprint density at radius 1 is 1.23 bits per heavy atom. The summed E-state index contributed by atoms with van der Waals surface area (Å²) in [7, 11) is 0. The lowest BCUT2D eigenvalue weighted by atomic mass is 10.1. The Labute approximate surface area is 164 Å². The van der Waals surface area contributed by atoms with Crippen LogP contribution in [0.4, 0.5) is 5.13 Å². The summed E-state index contributed by atoms with van der Waals surface area (Å²) >= 11 is 1.35. The maximum Gasteiger partial charge on any atom is 0.245 e. The van der Waals surface area contributed by atoms with E-state index >= 15 is 0 Å². The molecule has 2 rings (SSSR count). The molecule has 1 atom stereocenters. The molecule has 0 unspecified atom stereocenters. The number of carbonyl (C=O) groups is 2. The summed E-state index contributed by atoms with van der Waals surface area (Å²) in [4.78, 5) is 28.1. The second kappa shape index (κ2) is 10.3. The second-order valence-corrected chi connectivity index (χ2v) is 6.98. The van der Waals surface area contributed by atoms with E-state index in [-0.39, 0.29) is 36.7 Å². The molecule has 0 saturated carbocycles. The van der Waals surface area contributed by atoms with E-state index in [9.17, 15) is 9.59 Å². The number of carbonyl (C=O) groups excluding carboxylic acids is 2. The monoisotopic (exact) mass is 396 g/mol. The Morgan fingerprint density at radius 2 is 1.88 bits per heavy atom. The third kappa shape index (κ3) is 6.09. The molecule has 0 aliphatic carbocycles. The number of hydrogen-bond donors (Lipinski definition) is 3. The van der Waals surface area contributed by atoms with Gasteiger partial charge in [0.15, 0.2) is 5.13 Å². The van der Waals surface area contributed by atoms with Crippen LogP contribution >= 0.6 is 23.7 Å². The normalized spacial score (nSPS) is 11.6. The van der Waals surface area contributed by atoms with Crippen LogP contribution < -0.4 is 16.4 Å². The van der Waals surface area contributed by atoms with Crippen LogP contribution in [0.25, 0.3) is 11.3 Å². The van der Waals surface area contributed by atoms with Crippen molar-refractivity contribution in [3.63, 3.8) is 0 Å². The van der Waals surface area contributed by atoms with Gasteiger partial charge in [-0.15, -0.1) is 23.7 Å². The van der Waals surface area contributed by atoms with Gasteiger partial charge in [-0.3, -0.25) is 9.59 Å². The summed E-state index contributed by atoms with van der Waals surface area (Å²) in [6, 6.07) is 7.56. The predicted molar refractivity (Wildman–Crippen MR) is 109 cm³/mol. The molecule has 0 bridgehead atoms. The van der Waals surface area contributed by atoms with E-state index in [0.717, 1.165) is 17.7 Å². The zero-order valence-corrected chi connectivity index (χ0v) is 16.7. The third-order valence-electron chi connectivity index (χ3n) is 3.85. The minimum atomic E-state index is -0.620. The lowest BCUT2D eigenvalue weighted by Gasteiger charge is -2.14. The molecular formula is C18H25ClN4O2S. The zero-order chi connectivity index (χ0) is 18.4. The first-order chi connectivity index (χ1) is 11.9. The maximum atomic E-state index is 11.9. The first kappa shape index (κ1) is 22.1. The Bertz CT molecular complexity index is 731. The Morgan fingerprint density at radius 3 is 2.46 bits per heavy atom. The standard InChI is InChI=1S/C18H24N4O2S.ClH/c1-4-12-5-7-13(8-6-12)14-10-25-18(21-14)22-15(23)9-20-17(24)16(19)11(2)3;/h5-8,10-11,16H,4,9,19H2,1-3H3,(H,20,24)(H,21,22,23);1H/t16-;/m0./s1. The number of aryl methyl sites for hydroxylation is 1. The minimum absolute atomic E-state index is 0. The number of halogens is 1. The fraction of sp³-hybridized carbons (Fsp3) is 0.389. The van der Waals surface area contributed by atoms with Crippen molar-refractivity contribution in [1.29, 1.82) is 0 Å². The topological polar surface area (TPSA) is 97.1 Å². The molecule has 142 valence electrons. The van der Waals surface area contributed by atoms with E-state index < -0.39 is 6.04 Å². The van der Waals surface area contributed by atoms with E-state index in [1.54, 1.807) is 0 Å². The molecule has 2 amide bonds.